The molecule has 2 aromatic heterocycles. The third-order valence-corrected chi connectivity index (χ3v) is 9.27. The molecule has 2 aliphatic rings. The van der Waals surface area contributed by atoms with Crippen LogP contribution in [0.25, 0.3) is 10.7 Å². The predicted octanol–water partition coefficient (Wildman–Crippen LogP) is 3.69. The second-order valence-electron chi connectivity index (χ2n) is 8.83. The minimum Gasteiger partial charge on any atom is -0.353 e. The topological polar surface area (TPSA) is 105 Å². The highest BCUT2D eigenvalue weighted by Gasteiger charge is 2.35. The second kappa shape index (κ2) is 8.99. The zero-order valence-electron chi connectivity index (χ0n) is 18.3. The summed E-state index contributed by atoms with van der Waals surface area (Å²) in [6, 6.07) is 1.87. The third-order valence-electron chi connectivity index (χ3n) is 6.10. The monoisotopic (exact) mass is 466 g/mol. The number of hydrogen-bond acceptors (Lipinski definition) is 7. The van der Waals surface area contributed by atoms with Crippen LogP contribution in [0.3, 0.4) is 0 Å². The Hall–Kier alpha value is -1.78. The summed E-state index contributed by atoms with van der Waals surface area (Å²) in [6.45, 7) is 6.37. The van der Waals surface area contributed by atoms with Crippen LogP contribution in [0.4, 0.5) is 0 Å². The Morgan fingerprint density at radius 1 is 1.26 bits per heavy atom. The fraction of sp³-hybridized carbons (Fsp3) is 0.667. The van der Waals surface area contributed by atoms with Crippen LogP contribution in [0.15, 0.2) is 15.5 Å². The largest absolute Gasteiger partial charge is 0.353 e. The molecule has 1 saturated heterocycles. The number of thiophene rings is 1. The smallest absolute Gasteiger partial charge is 0.244 e. The molecule has 1 atom stereocenters. The minimum absolute atomic E-state index is 0.0115. The molecule has 1 amide bonds. The first-order valence-electron chi connectivity index (χ1n) is 11.0. The zero-order valence-corrected chi connectivity index (χ0v) is 19.9. The summed E-state index contributed by atoms with van der Waals surface area (Å²) in [5.41, 5.74) is 0. The lowest BCUT2D eigenvalue weighted by Gasteiger charge is -2.31. The van der Waals surface area contributed by atoms with Gasteiger partial charge in [0.15, 0.2) is 0 Å². The van der Waals surface area contributed by atoms with Crippen LogP contribution in [0.1, 0.15) is 69.1 Å². The van der Waals surface area contributed by atoms with Gasteiger partial charge in [0.2, 0.25) is 27.6 Å². The van der Waals surface area contributed by atoms with E-state index in [2.05, 4.69) is 15.5 Å². The number of nitrogens with zero attached hydrogens (tertiary/aromatic N) is 3. The van der Waals surface area contributed by atoms with Gasteiger partial charge in [-0.2, -0.15) is 9.29 Å². The third kappa shape index (κ3) is 4.70. The Bertz CT molecular complexity index is 1040. The number of hydrogen-bond donors (Lipinski definition) is 1. The van der Waals surface area contributed by atoms with Crippen LogP contribution in [0, 0.1) is 12.8 Å². The molecule has 1 N–H and O–H groups in total. The highest BCUT2D eigenvalue weighted by molar-refractivity contribution is 7.89. The van der Waals surface area contributed by atoms with E-state index in [0.29, 0.717) is 34.4 Å². The van der Waals surface area contributed by atoms with E-state index in [-0.39, 0.29) is 35.2 Å². The SMILES string of the molecule is Cc1sc(-c2noc(C(C)C)n2)cc1S(=O)(=O)N1CCCC(C(=O)NC2CCCC2)C1. The molecule has 3 heterocycles. The van der Waals surface area contributed by atoms with Crippen LogP contribution in [0.2, 0.25) is 0 Å². The van der Waals surface area contributed by atoms with Gasteiger partial charge in [-0.1, -0.05) is 31.8 Å². The summed E-state index contributed by atoms with van der Waals surface area (Å²) in [5, 5.41) is 7.13. The summed E-state index contributed by atoms with van der Waals surface area (Å²) in [5.74, 6) is 0.727. The minimum atomic E-state index is -3.71. The molecule has 31 heavy (non-hydrogen) atoms. The van der Waals surface area contributed by atoms with Crippen molar-refractivity contribution in [2.24, 2.45) is 5.92 Å². The van der Waals surface area contributed by atoms with Gasteiger partial charge in [-0.3, -0.25) is 4.79 Å². The molecule has 4 rings (SSSR count). The molecular formula is C21H30N4O4S2. The molecule has 0 spiro atoms. The maximum atomic E-state index is 13.4. The van der Waals surface area contributed by atoms with Crippen LogP contribution in [0.5, 0.6) is 0 Å². The number of carbonyl (C=O) groups excluding carboxylic acids is 1. The summed E-state index contributed by atoms with van der Waals surface area (Å²) in [6.07, 6.45) is 5.74. The van der Waals surface area contributed by atoms with Crippen LogP contribution in [-0.2, 0) is 14.8 Å². The van der Waals surface area contributed by atoms with Crippen molar-refractivity contribution in [3.05, 3.63) is 16.8 Å². The number of amides is 1. The molecule has 1 saturated carbocycles. The first-order valence-corrected chi connectivity index (χ1v) is 13.3. The molecule has 1 aliphatic heterocycles. The van der Waals surface area contributed by atoms with Gasteiger partial charge in [-0.05, 0) is 38.7 Å². The Morgan fingerprint density at radius 3 is 2.68 bits per heavy atom. The lowest BCUT2D eigenvalue weighted by atomic mass is 9.98. The Labute approximate surface area is 187 Å². The number of sulfonamides is 1. The normalized spacial score (nSPS) is 21.1. The van der Waals surface area contributed by atoms with E-state index in [9.17, 15) is 13.2 Å². The fourth-order valence-corrected chi connectivity index (χ4v) is 7.31. The Balaban J connectivity index is 1.50. The Morgan fingerprint density at radius 2 is 2.00 bits per heavy atom. The standard InChI is InChI=1S/C21H30N4O4S2/c1-13(2)21-23-19(24-29-21)17-11-18(14(3)30-17)31(27,28)25-10-6-7-15(12-25)20(26)22-16-8-4-5-9-16/h11,13,15-16H,4-10,12H2,1-3H3,(H,22,26). The molecule has 8 nitrogen and oxygen atoms in total. The van der Waals surface area contributed by atoms with E-state index in [0.717, 1.165) is 32.1 Å². The number of piperidine rings is 1. The van der Waals surface area contributed by atoms with Crippen molar-refractivity contribution in [1.82, 2.24) is 19.8 Å². The van der Waals surface area contributed by atoms with E-state index < -0.39 is 10.0 Å². The van der Waals surface area contributed by atoms with E-state index in [1.54, 1.807) is 13.0 Å². The average Bonchev–Trinajstić information content (AvgIpc) is 3.48. The van der Waals surface area contributed by atoms with Crippen molar-refractivity contribution in [1.29, 1.82) is 0 Å². The van der Waals surface area contributed by atoms with Crippen molar-refractivity contribution >= 4 is 27.3 Å². The number of rotatable bonds is 6. The molecule has 170 valence electrons. The van der Waals surface area contributed by atoms with E-state index >= 15 is 0 Å². The predicted molar refractivity (Wildman–Crippen MR) is 118 cm³/mol. The number of carbonyl (C=O) groups is 1. The number of aromatic nitrogens is 2. The highest BCUT2D eigenvalue weighted by atomic mass is 32.2. The maximum absolute atomic E-state index is 13.4. The maximum Gasteiger partial charge on any atom is 0.244 e. The number of nitrogens with one attached hydrogen (secondary N) is 1. The molecule has 2 aromatic rings. The second-order valence-corrected chi connectivity index (χ2v) is 12.0. The fourth-order valence-electron chi connectivity index (χ4n) is 4.30. The average molecular weight is 467 g/mol. The van der Waals surface area contributed by atoms with Crippen LogP contribution in [-0.4, -0.2) is 47.9 Å². The molecule has 10 heteroatoms. The Kier molecular flexibility index (Phi) is 6.50. The highest BCUT2D eigenvalue weighted by Crippen LogP contribution is 2.35. The molecule has 1 aliphatic carbocycles. The molecule has 0 aromatic carbocycles. The lowest BCUT2D eigenvalue weighted by Crippen LogP contribution is -2.47. The lowest BCUT2D eigenvalue weighted by molar-refractivity contribution is -0.126. The molecule has 0 radical (unpaired) electrons. The molecule has 2 fully saturated rings. The van der Waals surface area contributed by atoms with Gasteiger partial charge in [0, 0.05) is 29.9 Å². The van der Waals surface area contributed by atoms with Crippen LogP contribution >= 0.6 is 11.3 Å². The summed E-state index contributed by atoms with van der Waals surface area (Å²) < 4.78 is 33.6. The van der Waals surface area contributed by atoms with E-state index in [4.69, 9.17) is 4.52 Å². The van der Waals surface area contributed by atoms with Crippen molar-refractivity contribution in [2.75, 3.05) is 13.1 Å². The van der Waals surface area contributed by atoms with Crippen molar-refractivity contribution in [3.8, 4) is 10.7 Å². The van der Waals surface area contributed by atoms with E-state index in [1.165, 1.54) is 15.6 Å². The zero-order chi connectivity index (χ0) is 22.2. The van der Waals surface area contributed by atoms with Gasteiger partial charge >= 0.3 is 0 Å². The molecular weight excluding hydrogens is 436 g/mol. The molecule has 1 unspecified atom stereocenters. The first-order chi connectivity index (χ1) is 14.8. The quantitative estimate of drug-likeness (QED) is 0.696. The van der Waals surface area contributed by atoms with Crippen LogP contribution < -0.4 is 5.32 Å². The first kappa shape index (κ1) is 22.4. The molecule has 0 bridgehead atoms. The number of aryl methyl sites for hydroxylation is 1. The van der Waals surface area contributed by atoms with Gasteiger partial charge in [0.25, 0.3) is 0 Å². The van der Waals surface area contributed by atoms with Gasteiger partial charge in [-0.15, -0.1) is 11.3 Å². The van der Waals surface area contributed by atoms with Gasteiger partial charge in [0.05, 0.1) is 15.7 Å². The van der Waals surface area contributed by atoms with E-state index in [1.807, 2.05) is 13.8 Å². The van der Waals surface area contributed by atoms with Crippen molar-refractivity contribution in [3.63, 3.8) is 0 Å². The summed E-state index contributed by atoms with van der Waals surface area (Å²) in [7, 11) is -3.71. The summed E-state index contributed by atoms with van der Waals surface area (Å²) >= 11 is 1.34. The van der Waals surface area contributed by atoms with Gasteiger partial charge in [0.1, 0.15) is 0 Å². The van der Waals surface area contributed by atoms with Crippen molar-refractivity contribution < 1.29 is 17.7 Å². The van der Waals surface area contributed by atoms with Gasteiger partial charge < -0.3 is 9.84 Å². The van der Waals surface area contributed by atoms with Crippen molar-refractivity contribution in [2.45, 2.75) is 76.2 Å². The summed E-state index contributed by atoms with van der Waals surface area (Å²) in [4.78, 5) is 18.7. The van der Waals surface area contributed by atoms with Gasteiger partial charge in [-0.25, -0.2) is 8.42 Å².